The zero-order valence-corrected chi connectivity index (χ0v) is 23.6. The molecule has 0 bridgehead atoms. The van der Waals surface area contributed by atoms with Crippen molar-refractivity contribution < 1.29 is 18.8 Å². The molecule has 3 aromatic carbocycles. The Balaban J connectivity index is 1.23. The fourth-order valence-electron chi connectivity index (χ4n) is 5.49. The molecule has 204 valence electrons. The van der Waals surface area contributed by atoms with Gasteiger partial charge < -0.3 is 5.32 Å². The fraction of sp³-hybridized carbons (Fsp3) is 0.133. The standard InChI is InChI=1S/C30H20FN3O4S3/c31-18-8-11-20(12-9-18)34-27(36)24-23(21-6-3-13-39-21)26-29(40-25(24)28(34)37)33(30(38)41-26)15-22(35)32-19-10-7-16-4-1-2-5-17(16)14-19/h1-14,23-25H,15H2,(H,32,35)/t23-,24-,25+/m0/s1. The molecular formula is C30H20FN3O4S3. The summed E-state index contributed by atoms with van der Waals surface area (Å²) in [5.74, 6) is -2.90. The Hall–Kier alpha value is -4.06. The number of thioether (sulfide) groups is 1. The molecule has 2 aliphatic rings. The highest BCUT2D eigenvalue weighted by molar-refractivity contribution is 8.00. The number of anilines is 2. The Bertz CT molecular complexity index is 1900. The predicted octanol–water partition coefficient (Wildman–Crippen LogP) is 5.70. The number of imide groups is 1. The third-order valence-corrected chi connectivity index (χ3v) is 10.9. The average Bonchev–Trinajstić information content (AvgIpc) is 3.66. The van der Waals surface area contributed by atoms with Crippen molar-refractivity contribution in [3.63, 3.8) is 0 Å². The summed E-state index contributed by atoms with van der Waals surface area (Å²) in [6.07, 6.45) is 0. The summed E-state index contributed by atoms with van der Waals surface area (Å²) in [5.41, 5.74) is 0.915. The van der Waals surface area contributed by atoms with Crippen molar-refractivity contribution in [2.24, 2.45) is 5.92 Å². The molecule has 1 N–H and O–H groups in total. The number of nitrogens with zero attached hydrogens (tertiary/aromatic N) is 2. The van der Waals surface area contributed by atoms with Gasteiger partial charge in [-0.1, -0.05) is 59.5 Å². The van der Waals surface area contributed by atoms with Crippen molar-refractivity contribution in [3.05, 3.63) is 109 Å². The number of thiazole rings is 1. The van der Waals surface area contributed by atoms with E-state index in [1.165, 1.54) is 40.2 Å². The highest BCUT2D eigenvalue weighted by Gasteiger charge is 2.57. The van der Waals surface area contributed by atoms with Gasteiger partial charge in [-0.2, -0.15) is 0 Å². The Labute approximate surface area is 245 Å². The number of aromatic nitrogens is 1. The monoisotopic (exact) mass is 601 g/mol. The van der Waals surface area contributed by atoms with Crippen molar-refractivity contribution in [2.45, 2.75) is 22.7 Å². The van der Waals surface area contributed by atoms with Crippen LogP contribution in [0.25, 0.3) is 10.8 Å². The molecule has 2 aromatic heterocycles. The summed E-state index contributed by atoms with van der Waals surface area (Å²) in [6.45, 7) is -0.233. The van der Waals surface area contributed by atoms with Crippen molar-refractivity contribution in [1.29, 1.82) is 0 Å². The van der Waals surface area contributed by atoms with Crippen molar-refractivity contribution in [2.75, 3.05) is 10.2 Å². The van der Waals surface area contributed by atoms with Gasteiger partial charge in [0.25, 0.3) is 0 Å². The Kier molecular flexibility index (Phi) is 6.37. The lowest BCUT2D eigenvalue weighted by Crippen LogP contribution is -2.32. The second kappa shape index (κ2) is 10.1. The normalized spacial score (nSPS) is 19.8. The zero-order valence-electron chi connectivity index (χ0n) is 21.2. The number of thiophene rings is 1. The van der Waals surface area contributed by atoms with Crippen LogP contribution in [0.15, 0.2) is 94.1 Å². The number of carbonyl (C=O) groups is 3. The minimum absolute atomic E-state index is 0.233. The number of fused-ring (bicyclic) bond motifs is 3. The second-order valence-corrected chi connectivity index (χ2v) is 12.9. The van der Waals surface area contributed by atoms with Crippen LogP contribution in [0.2, 0.25) is 0 Å². The van der Waals surface area contributed by atoms with E-state index in [2.05, 4.69) is 5.32 Å². The molecule has 41 heavy (non-hydrogen) atoms. The van der Waals surface area contributed by atoms with E-state index in [1.54, 1.807) is 0 Å². The average molecular weight is 602 g/mol. The van der Waals surface area contributed by atoms with E-state index < -0.39 is 28.8 Å². The summed E-state index contributed by atoms with van der Waals surface area (Å²) in [5, 5.41) is 6.52. The van der Waals surface area contributed by atoms with Gasteiger partial charge in [0.1, 0.15) is 17.6 Å². The molecule has 3 atom stereocenters. The molecule has 5 aromatic rings. The van der Waals surface area contributed by atoms with Gasteiger partial charge in [0.15, 0.2) is 0 Å². The number of hydrogen-bond donors (Lipinski definition) is 1. The molecule has 0 saturated carbocycles. The van der Waals surface area contributed by atoms with Gasteiger partial charge in [-0.05, 0) is 58.6 Å². The van der Waals surface area contributed by atoms with Gasteiger partial charge in [-0.15, -0.1) is 11.3 Å². The molecular weight excluding hydrogens is 582 g/mol. The van der Waals surface area contributed by atoms with Crippen LogP contribution in [-0.4, -0.2) is 27.5 Å². The molecule has 4 heterocycles. The summed E-state index contributed by atoms with van der Waals surface area (Å²) in [6, 6.07) is 22.4. The third-order valence-electron chi connectivity index (χ3n) is 7.32. The summed E-state index contributed by atoms with van der Waals surface area (Å²) in [4.78, 5) is 56.2. The first-order valence-electron chi connectivity index (χ1n) is 12.7. The smallest absolute Gasteiger partial charge is 0.308 e. The van der Waals surface area contributed by atoms with Gasteiger partial charge in [-0.3, -0.25) is 23.7 Å². The molecule has 7 rings (SSSR count). The number of amides is 3. The van der Waals surface area contributed by atoms with E-state index in [4.69, 9.17) is 0 Å². The number of halogens is 1. The van der Waals surface area contributed by atoms with Crippen molar-refractivity contribution in [1.82, 2.24) is 4.57 Å². The number of rotatable bonds is 5. The Morgan fingerprint density at radius 2 is 1.68 bits per heavy atom. The number of nitrogens with one attached hydrogen (secondary N) is 1. The van der Waals surface area contributed by atoms with Gasteiger partial charge in [0.05, 0.1) is 16.6 Å². The van der Waals surface area contributed by atoms with Crippen LogP contribution >= 0.6 is 34.4 Å². The molecule has 11 heteroatoms. The summed E-state index contributed by atoms with van der Waals surface area (Å²) < 4.78 is 15.0. The van der Waals surface area contributed by atoms with Gasteiger partial charge in [0, 0.05) is 21.4 Å². The highest BCUT2D eigenvalue weighted by atomic mass is 32.2. The quantitative estimate of drug-likeness (QED) is 0.261. The lowest BCUT2D eigenvalue weighted by Gasteiger charge is -2.29. The van der Waals surface area contributed by atoms with E-state index in [-0.39, 0.29) is 23.2 Å². The largest absolute Gasteiger partial charge is 0.325 e. The molecule has 0 unspecified atom stereocenters. The zero-order chi connectivity index (χ0) is 28.2. The first-order valence-corrected chi connectivity index (χ1v) is 15.3. The van der Waals surface area contributed by atoms with Gasteiger partial charge in [-0.25, -0.2) is 9.29 Å². The topological polar surface area (TPSA) is 88.5 Å². The van der Waals surface area contributed by atoms with E-state index in [9.17, 15) is 23.6 Å². The minimum atomic E-state index is -0.795. The maximum atomic E-state index is 13.8. The number of hydrogen-bond acceptors (Lipinski definition) is 7. The molecule has 3 amide bonds. The van der Waals surface area contributed by atoms with Crippen molar-refractivity contribution >= 4 is 74.3 Å². The van der Waals surface area contributed by atoms with Crippen LogP contribution < -0.4 is 15.1 Å². The van der Waals surface area contributed by atoms with Crippen LogP contribution in [0.3, 0.4) is 0 Å². The van der Waals surface area contributed by atoms with Crippen LogP contribution in [-0.2, 0) is 20.9 Å². The van der Waals surface area contributed by atoms with E-state index in [0.717, 1.165) is 43.6 Å². The highest BCUT2D eigenvalue weighted by Crippen LogP contribution is 2.54. The van der Waals surface area contributed by atoms with Crippen LogP contribution in [0.5, 0.6) is 0 Å². The summed E-state index contributed by atoms with van der Waals surface area (Å²) >= 11 is 3.61. The van der Waals surface area contributed by atoms with E-state index >= 15 is 0 Å². The van der Waals surface area contributed by atoms with Gasteiger partial charge >= 0.3 is 4.87 Å². The molecule has 7 nitrogen and oxygen atoms in total. The maximum absolute atomic E-state index is 13.8. The van der Waals surface area contributed by atoms with Crippen molar-refractivity contribution in [3.8, 4) is 0 Å². The first kappa shape index (κ1) is 25.9. The molecule has 0 spiro atoms. The Morgan fingerprint density at radius 1 is 0.902 bits per heavy atom. The SMILES string of the molecule is O=C(Cn1c2c(sc1=O)[C@@H](c1cccs1)[C@@H]1C(=O)N(c3ccc(F)cc3)C(=O)[C@@H]1S2)Nc1ccc2ccccc2c1. The van der Waals surface area contributed by atoms with E-state index in [1.807, 2.05) is 60.0 Å². The van der Waals surface area contributed by atoms with Crippen LogP contribution in [0, 0.1) is 11.7 Å². The molecule has 1 saturated heterocycles. The third kappa shape index (κ3) is 4.41. The lowest BCUT2D eigenvalue weighted by atomic mass is 9.87. The summed E-state index contributed by atoms with van der Waals surface area (Å²) in [7, 11) is 0. The molecule has 0 aliphatic carbocycles. The fourth-order valence-corrected chi connectivity index (χ4v) is 9.21. The minimum Gasteiger partial charge on any atom is -0.325 e. The molecule has 2 aliphatic heterocycles. The number of carbonyl (C=O) groups excluding carboxylic acids is 3. The van der Waals surface area contributed by atoms with Gasteiger partial charge in [0.2, 0.25) is 17.7 Å². The Morgan fingerprint density at radius 3 is 2.44 bits per heavy atom. The molecule has 1 fully saturated rings. The maximum Gasteiger partial charge on any atom is 0.308 e. The van der Waals surface area contributed by atoms with Crippen LogP contribution in [0.1, 0.15) is 15.7 Å². The predicted molar refractivity (Wildman–Crippen MR) is 159 cm³/mol. The first-order chi connectivity index (χ1) is 19.9. The van der Waals surface area contributed by atoms with Crippen LogP contribution in [0.4, 0.5) is 15.8 Å². The second-order valence-electron chi connectivity index (χ2n) is 9.78. The van der Waals surface area contributed by atoms with E-state index in [0.29, 0.717) is 21.3 Å². The lowest BCUT2D eigenvalue weighted by molar-refractivity contribution is -0.122. The number of benzene rings is 3. The molecule has 0 radical (unpaired) electrons.